The molecule has 0 heterocycles. The Balaban J connectivity index is 1.91. The summed E-state index contributed by atoms with van der Waals surface area (Å²) in [5.41, 5.74) is 1.84. The highest BCUT2D eigenvalue weighted by Crippen LogP contribution is 2.32. The average molecular weight is 546 g/mol. The van der Waals surface area contributed by atoms with E-state index in [9.17, 15) is 35.8 Å². The molecule has 0 radical (unpaired) electrons. The molecule has 3 aromatic carbocycles. The zero-order chi connectivity index (χ0) is 28.1. The maximum absolute atomic E-state index is 13.3. The Kier molecular flexibility index (Phi) is 8.97. The fourth-order valence-corrected chi connectivity index (χ4v) is 3.56. The molecule has 3 rings (SSSR count). The SMILES string of the molecule is COc1ccc(N(C)c2cccc(N(Cc3cccc(OC(F)(F)C(F)F)c3)CC(O)C(F)(F)F)c2)cc1. The summed E-state index contributed by atoms with van der Waals surface area (Å²) in [6, 6.07) is 18.2. The van der Waals surface area contributed by atoms with Crippen LogP contribution in [0.3, 0.4) is 0 Å². The van der Waals surface area contributed by atoms with Gasteiger partial charge in [0, 0.05) is 30.7 Å². The molecule has 1 unspecified atom stereocenters. The molecule has 1 N–H and O–H groups in total. The first-order valence-electron chi connectivity index (χ1n) is 11.2. The van der Waals surface area contributed by atoms with Crippen LogP contribution in [-0.2, 0) is 6.54 Å². The molecule has 3 aromatic rings. The van der Waals surface area contributed by atoms with E-state index in [0.717, 1.165) is 17.8 Å². The summed E-state index contributed by atoms with van der Waals surface area (Å²) in [5, 5.41) is 9.77. The molecule has 1 atom stereocenters. The molecule has 0 aliphatic heterocycles. The topological polar surface area (TPSA) is 45.2 Å². The number of rotatable bonds is 11. The standard InChI is InChI=1S/C26H25F7N2O3/c1-34(18-9-11-21(37-2)12-10-18)19-6-4-7-20(14-19)35(16-23(36)25(29,30)31)15-17-5-3-8-22(13-17)38-26(32,33)24(27)28/h3-14,23-24,36H,15-16H2,1-2H3. The molecule has 206 valence electrons. The van der Waals surface area contributed by atoms with E-state index in [1.165, 1.54) is 30.2 Å². The number of hydrogen-bond acceptors (Lipinski definition) is 5. The average Bonchev–Trinajstić information content (AvgIpc) is 2.87. The quantitative estimate of drug-likeness (QED) is 0.274. The minimum atomic E-state index is -4.92. The molecule has 12 heteroatoms. The molecule has 0 aromatic heterocycles. The molecule has 0 spiro atoms. The van der Waals surface area contributed by atoms with E-state index in [-0.39, 0.29) is 17.8 Å². The minimum absolute atomic E-state index is 0.191. The smallest absolute Gasteiger partial charge is 0.461 e. The number of benzene rings is 3. The second kappa shape index (κ2) is 11.8. The third kappa shape index (κ3) is 7.44. The Labute approximate surface area is 214 Å². The van der Waals surface area contributed by atoms with Crippen molar-refractivity contribution in [2.24, 2.45) is 0 Å². The van der Waals surface area contributed by atoms with Crippen LogP contribution in [0.4, 0.5) is 47.8 Å². The van der Waals surface area contributed by atoms with Crippen LogP contribution in [0.15, 0.2) is 72.8 Å². The molecule has 0 saturated heterocycles. The van der Waals surface area contributed by atoms with E-state index in [4.69, 9.17) is 4.74 Å². The van der Waals surface area contributed by atoms with Crippen LogP contribution in [0.5, 0.6) is 11.5 Å². The van der Waals surface area contributed by atoms with Crippen LogP contribution in [0, 0.1) is 0 Å². The molecule has 0 fully saturated rings. The van der Waals surface area contributed by atoms with Gasteiger partial charge in [0.15, 0.2) is 6.10 Å². The first-order valence-corrected chi connectivity index (χ1v) is 11.2. The Morgan fingerprint density at radius 1 is 0.816 bits per heavy atom. The zero-order valence-corrected chi connectivity index (χ0v) is 20.3. The van der Waals surface area contributed by atoms with Crippen molar-refractivity contribution in [2.75, 3.05) is 30.5 Å². The molecule has 5 nitrogen and oxygen atoms in total. The van der Waals surface area contributed by atoms with Crippen molar-refractivity contribution in [3.63, 3.8) is 0 Å². The number of aliphatic hydroxyl groups excluding tert-OH is 1. The largest absolute Gasteiger partial charge is 0.497 e. The van der Waals surface area contributed by atoms with Crippen molar-refractivity contribution >= 4 is 17.1 Å². The van der Waals surface area contributed by atoms with E-state index >= 15 is 0 Å². The summed E-state index contributed by atoms with van der Waals surface area (Å²) < 4.78 is 101. The number of anilines is 3. The number of alkyl halides is 7. The van der Waals surface area contributed by atoms with Gasteiger partial charge in [0.2, 0.25) is 0 Å². The van der Waals surface area contributed by atoms with E-state index in [1.54, 1.807) is 54.4 Å². The third-order valence-electron chi connectivity index (χ3n) is 5.59. The highest BCUT2D eigenvalue weighted by Gasteiger charge is 2.44. The zero-order valence-electron chi connectivity index (χ0n) is 20.3. The van der Waals surface area contributed by atoms with Crippen molar-refractivity contribution in [3.8, 4) is 11.5 Å². The number of nitrogens with zero attached hydrogens (tertiary/aromatic N) is 2. The van der Waals surface area contributed by atoms with Crippen molar-refractivity contribution in [2.45, 2.75) is 31.4 Å². The van der Waals surface area contributed by atoms with Gasteiger partial charge in [-0.05, 0) is 60.2 Å². The first kappa shape index (κ1) is 28.9. The van der Waals surface area contributed by atoms with Crippen molar-refractivity contribution < 1.29 is 45.3 Å². The molecular weight excluding hydrogens is 521 g/mol. The van der Waals surface area contributed by atoms with Crippen LogP contribution < -0.4 is 19.3 Å². The van der Waals surface area contributed by atoms with Crippen LogP contribution >= 0.6 is 0 Å². The van der Waals surface area contributed by atoms with Gasteiger partial charge in [-0.1, -0.05) is 18.2 Å². The van der Waals surface area contributed by atoms with Crippen molar-refractivity contribution in [3.05, 3.63) is 78.4 Å². The van der Waals surface area contributed by atoms with E-state index in [0.29, 0.717) is 11.4 Å². The molecular formula is C26H25F7N2O3. The summed E-state index contributed by atoms with van der Waals surface area (Å²) in [6.07, 6.45) is -16.5. The normalized spacial score (nSPS) is 12.8. The summed E-state index contributed by atoms with van der Waals surface area (Å²) in [4.78, 5) is 2.98. The maximum Gasteiger partial charge on any atom is 0.461 e. The molecule has 0 aliphatic carbocycles. The number of hydrogen-bond donors (Lipinski definition) is 1. The fourth-order valence-electron chi connectivity index (χ4n) is 3.56. The van der Waals surface area contributed by atoms with Crippen molar-refractivity contribution in [1.82, 2.24) is 0 Å². The molecule has 0 saturated carbocycles. The number of methoxy groups -OCH3 is 1. The Morgan fingerprint density at radius 2 is 1.45 bits per heavy atom. The molecule has 0 amide bonds. The van der Waals surface area contributed by atoms with Crippen molar-refractivity contribution in [1.29, 1.82) is 0 Å². The van der Waals surface area contributed by atoms with E-state index in [2.05, 4.69) is 4.74 Å². The van der Waals surface area contributed by atoms with Crippen LogP contribution in [0.1, 0.15) is 5.56 Å². The maximum atomic E-state index is 13.3. The fraction of sp³-hybridized carbons (Fsp3) is 0.308. The Morgan fingerprint density at radius 3 is 2.05 bits per heavy atom. The van der Waals surface area contributed by atoms with Gasteiger partial charge in [-0.3, -0.25) is 0 Å². The van der Waals surface area contributed by atoms with Crippen LogP contribution in [0.25, 0.3) is 0 Å². The lowest BCUT2D eigenvalue weighted by molar-refractivity contribution is -0.253. The number of ether oxygens (including phenoxy) is 2. The van der Waals surface area contributed by atoms with Crippen LogP contribution in [-0.4, -0.2) is 50.6 Å². The lowest BCUT2D eigenvalue weighted by atomic mass is 10.1. The lowest BCUT2D eigenvalue weighted by Gasteiger charge is -2.30. The Hall–Kier alpha value is -3.67. The second-order valence-electron chi connectivity index (χ2n) is 8.33. The number of aliphatic hydroxyl groups is 1. The van der Waals surface area contributed by atoms with Gasteiger partial charge < -0.3 is 24.4 Å². The minimum Gasteiger partial charge on any atom is -0.497 e. The molecule has 0 aliphatic rings. The highest BCUT2D eigenvalue weighted by molar-refractivity contribution is 5.67. The predicted octanol–water partition coefficient (Wildman–Crippen LogP) is 6.63. The van der Waals surface area contributed by atoms with Gasteiger partial charge in [-0.25, -0.2) is 0 Å². The van der Waals surface area contributed by atoms with Gasteiger partial charge in [0.05, 0.1) is 13.7 Å². The molecule has 0 bridgehead atoms. The highest BCUT2D eigenvalue weighted by atomic mass is 19.4. The van der Waals surface area contributed by atoms with Gasteiger partial charge in [0.25, 0.3) is 0 Å². The predicted molar refractivity (Wildman–Crippen MR) is 129 cm³/mol. The van der Waals surface area contributed by atoms with Gasteiger partial charge >= 0.3 is 18.7 Å². The second-order valence-corrected chi connectivity index (χ2v) is 8.33. The van der Waals surface area contributed by atoms with E-state index in [1.807, 2.05) is 0 Å². The summed E-state index contributed by atoms with van der Waals surface area (Å²) in [6.45, 7) is -1.15. The van der Waals surface area contributed by atoms with Gasteiger partial charge in [-0.2, -0.15) is 30.7 Å². The lowest BCUT2D eigenvalue weighted by Crippen LogP contribution is -2.41. The summed E-state index contributed by atoms with van der Waals surface area (Å²) in [5.74, 6) is 0.0536. The van der Waals surface area contributed by atoms with Gasteiger partial charge in [0.1, 0.15) is 11.5 Å². The first-order chi connectivity index (χ1) is 17.8. The monoisotopic (exact) mass is 546 g/mol. The van der Waals surface area contributed by atoms with Gasteiger partial charge in [-0.15, -0.1) is 0 Å². The summed E-state index contributed by atoms with van der Waals surface area (Å²) >= 11 is 0. The summed E-state index contributed by atoms with van der Waals surface area (Å²) in [7, 11) is 3.28. The van der Waals surface area contributed by atoms with Crippen LogP contribution in [0.2, 0.25) is 0 Å². The third-order valence-corrected chi connectivity index (χ3v) is 5.59. The Bertz CT molecular complexity index is 1190. The molecule has 38 heavy (non-hydrogen) atoms. The number of halogens is 7. The van der Waals surface area contributed by atoms with E-state index < -0.39 is 37.1 Å².